The number of hydrogen-bond acceptors (Lipinski definition) is 4. The molecule has 0 saturated carbocycles. The molecule has 0 aliphatic rings. The van der Waals surface area contributed by atoms with E-state index in [1.165, 1.54) is 22.5 Å². The predicted molar refractivity (Wildman–Crippen MR) is 62.6 cm³/mol. The van der Waals surface area contributed by atoms with Crippen molar-refractivity contribution in [3.05, 3.63) is 30.1 Å². The highest BCUT2D eigenvalue weighted by Gasteiger charge is 2.30. The van der Waals surface area contributed by atoms with E-state index in [0.29, 0.717) is 5.82 Å². The quantitative estimate of drug-likeness (QED) is 0.855. The molecule has 0 aliphatic carbocycles. The molecule has 96 valence electrons. The van der Waals surface area contributed by atoms with Crippen LogP contribution >= 0.6 is 11.8 Å². The average Bonchev–Trinajstić information content (AvgIpc) is 2.69. The number of halogens is 3. The van der Waals surface area contributed by atoms with E-state index < -0.39 is 11.7 Å². The zero-order valence-corrected chi connectivity index (χ0v) is 10.1. The maximum Gasteiger partial charge on any atom is 0.417 e. The normalized spacial score (nSPS) is 11.8. The number of nitrogens with zero attached hydrogens (tertiary/aromatic N) is 3. The lowest BCUT2D eigenvalue weighted by Crippen LogP contribution is -2.08. The Balaban J connectivity index is 2.37. The monoisotopic (exact) mass is 274 g/mol. The molecule has 0 aliphatic heterocycles. The number of rotatable bonds is 2. The van der Waals surface area contributed by atoms with Crippen molar-refractivity contribution >= 4 is 17.6 Å². The Morgan fingerprint density at radius 3 is 2.44 bits per heavy atom. The lowest BCUT2D eigenvalue weighted by Gasteiger charge is -2.07. The maximum absolute atomic E-state index is 12.4. The van der Waals surface area contributed by atoms with Crippen LogP contribution in [0.25, 0.3) is 5.82 Å². The van der Waals surface area contributed by atoms with E-state index in [1.54, 1.807) is 6.20 Å². The number of aromatic nitrogens is 3. The zero-order valence-electron chi connectivity index (χ0n) is 9.27. The molecule has 0 amide bonds. The average molecular weight is 274 g/mol. The van der Waals surface area contributed by atoms with Gasteiger partial charge in [0.2, 0.25) is 0 Å². The number of hydrogen-bond donors (Lipinski definition) is 1. The summed E-state index contributed by atoms with van der Waals surface area (Å²) in [6.45, 7) is 0. The highest BCUT2D eigenvalue weighted by atomic mass is 32.2. The molecular weight excluding hydrogens is 265 g/mol. The van der Waals surface area contributed by atoms with Gasteiger partial charge in [-0.1, -0.05) is 0 Å². The number of anilines is 1. The van der Waals surface area contributed by atoms with Gasteiger partial charge in [0.1, 0.15) is 5.82 Å². The molecule has 2 aromatic heterocycles. The Labute approximate surface area is 105 Å². The van der Waals surface area contributed by atoms with Gasteiger partial charge in [0, 0.05) is 6.20 Å². The molecule has 0 saturated heterocycles. The molecule has 2 rings (SSSR count). The molecule has 0 fully saturated rings. The first kappa shape index (κ1) is 12.7. The highest BCUT2D eigenvalue weighted by Crippen LogP contribution is 2.29. The van der Waals surface area contributed by atoms with Crippen molar-refractivity contribution < 1.29 is 13.2 Å². The van der Waals surface area contributed by atoms with Crippen LogP contribution in [0.3, 0.4) is 0 Å². The van der Waals surface area contributed by atoms with Gasteiger partial charge >= 0.3 is 6.18 Å². The Hall–Kier alpha value is -1.70. The van der Waals surface area contributed by atoms with Gasteiger partial charge in [0.25, 0.3) is 0 Å². The summed E-state index contributed by atoms with van der Waals surface area (Å²) >= 11 is 1.40. The molecule has 0 aromatic carbocycles. The fourth-order valence-electron chi connectivity index (χ4n) is 1.36. The SMILES string of the molecule is CSc1cnn(-c2ccc(C(F)(F)F)cn2)c1N. The number of alkyl halides is 3. The fraction of sp³-hybridized carbons (Fsp3) is 0.200. The van der Waals surface area contributed by atoms with Crippen molar-refractivity contribution in [2.45, 2.75) is 11.1 Å². The number of nitrogen functional groups attached to an aromatic ring is 1. The first-order valence-corrected chi connectivity index (χ1v) is 6.07. The summed E-state index contributed by atoms with van der Waals surface area (Å²) in [5, 5.41) is 3.98. The van der Waals surface area contributed by atoms with E-state index in [9.17, 15) is 13.2 Å². The summed E-state index contributed by atoms with van der Waals surface area (Å²) in [7, 11) is 0. The topological polar surface area (TPSA) is 56.7 Å². The van der Waals surface area contributed by atoms with Gasteiger partial charge in [-0.15, -0.1) is 11.8 Å². The summed E-state index contributed by atoms with van der Waals surface area (Å²) in [4.78, 5) is 4.46. The Bertz CT molecular complexity index is 547. The molecule has 0 radical (unpaired) electrons. The molecule has 0 atom stereocenters. The summed E-state index contributed by atoms with van der Waals surface area (Å²) in [6, 6.07) is 2.18. The molecule has 2 N–H and O–H groups in total. The maximum atomic E-state index is 12.4. The van der Waals surface area contributed by atoms with Crippen molar-refractivity contribution in [1.29, 1.82) is 0 Å². The Morgan fingerprint density at radius 1 is 1.28 bits per heavy atom. The van der Waals surface area contributed by atoms with E-state index in [4.69, 9.17) is 5.73 Å². The molecule has 18 heavy (non-hydrogen) atoms. The van der Waals surface area contributed by atoms with Gasteiger partial charge in [0.05, 0.1) is 16.7 Å². The minimum Gasteiger partial charge on any atom is -0.383 e. The van der Waals surface area contributed by atoms with Crippen molar-refractivity contribution in [2.75, 3.05) is 12.0 Å². The molecule has 4 nitrogen and oxygen atoms in total. The molecule has 8 heteroatoms. The van der Waals surface area contributed by atoms with Crippen molar-refractivity contribution in [3.8, 4) is 5.82 Å². The first-order chi connectivity index (χ1) is 8.43. The second-order valence-electron chi connectivity index (χ2n) is 3.41. The van der Waals surface area contributed by atoms with E-state index in [-0.39, 0.29) is 5.82 Å². The third-order valence-corrected chi connectivity index (χ3v) is 3.04. The second-order valence-corrected chi connectivity index (χ2v) is 4.26. The highest BCUT2D eigenvalue weighted by molar-refractivity contribution is 7.98. The lowest BCUT2D eigenvalue weighted by atomic mass is 10.3. The number of thioether (sulfide) groups is 1. The standard InChI is InChI=1S/C10H9F3N4S/c1-18-7-5-16-17(9(7)14)8-3-2-6(4-15-8)10(11,12)13/h2-5H,14H2,1H3. The summed E-state index contributed by atoms with van der Waals surface area (Å²) < 4.78 is 38.4. The van der Waals surface area contributed by atoms with E-state index in [2.05, 4.69) is 10.1 Å². The fourth-order valence-corrected chi connectivity index (χ4v) is 1.81. The molecule has 0 bridgehead atoms. The van der Waals surface area contributed by atoms with Gasteiger partial charge in [-0.25, -0.2) is 4.98 Å². The van der Waals surface area contributed by atoms with Crippen LogP contribution in [0.5, 0.6) is 0 Å². The van der Waals surface area contributed by atoms with Crippen LogP contribution in [0.15, 0.2) is 29.4 Å². The number of pyridine rings is 1. The second kappa shape index (κ2) is 4.52. The zero-order chi connectivity index (χ0) is 13.3. The minimum absolute atomic E-state index is 0.251. The molecular formula is C10H9F3N4S. The minimum atomic E-state index is -4.40. The third kappa shape index (κ3) is 2.28. The predicted octanol–water partition coefficient (Wildman–Crippen LogP) is 2.59. The van der Waals surface area contributed by atoms with Gasteiger partial charge < -0.3 is 5.73 Å². The van der Waals surface area contributed by atoms with Crippen LogP contribution in [0.4, 0.5) is 19.0 Å². The van der Waals surface area contributed by atoms with Gasteiger partial charge in [-0.2, -0.15) is 23.0 Å². The van der Waals surface area contributed by atoms with Gasteiger partial charge in [-0.05, 0) is 18.4 Å². The van der Waals surface area contributed by atoms with Crippen LogP contribution in [0.2, 0.25) is 0 Å². The lowest BCUT2D eigenvalue weighted by molar-refractivity contribution is -0.137. The smallest absolute Gasteiger partial charge is 0.383 e. The first-order valence-electron chi connectivity index (χ1n) is 4.84. The van der Waals surface area contributed by atoms with Crippen LogP contribution in [0.1, 0.15) is 5.56 Å². The van der Waals surface area contributed by atoms with Gasteiger partial charge in [-0.3, -0.25) is 0 Å². The van der Waals surface area contributed by atoms with E-state index in [1.807, 2.05) is 6.26 Å². The van der Waals surface area contributed by atoms with Crippen LogP contribution in [-0.4, -0.2) is 21.0 Å². The van der Waals surface area contributed by atoms with Crippen molar-refractivity contribution in [3.63, 3.8) is 0 Å². The summed E-state index contributed by atoms with van der Waals surface area (Å²) in [6.07, 6.45) is -0.266. The summed E-state index contributed by atoms with van der Waals surface area (Å²) in [5.41, 5.74) is 4.98. The molecule has 2 heterocycles. The molecule has 2 aromatic rings. The van der Waals surface area contributed by atoms with Crippen molar-refractivity contribution in [1.82, 2.24) is 14.8 Å². The Kier molecular flexibility index (Phi) is 3.20. The van der Waals surface area contributed by atoms with Crippen LogP contribution in [-0.2, 0) is 6.18 Å². The third-order valence-electron chi connectivity index (χ3n) is 2.28. The van der Waals surface area contributed by atoms with Gasteiger partial charge in [0.15, 0.2) is 5.82 Å². The number of nitrogens with two attached hydrogens (primary N) is 1. The van der Waals surface area contributed by atoms with Crippen LogP contribution in [0, 0.1) is 0 Å². The Morgan fingerprint density at radius 2 is 2.00 bits per heavy atom. The van der Waals surface area contributed by atoms with Crippen molar-refractivity contribution in [2.24, 2.45) is 0 Å². The largest absolute Gasteiger partial charge is 0.417 e. The summed E-state index contributed by atoms with van der Waals surface area (Å²) in [5.74, 6) is 0.607. The van der Waals surface area contributed by atoms with Crippen LogP contribution < -0.4 is 5.73 Å². The van der Waals surface area contributed by atoms with E-state index in [0.717, 1.165) is 17.2 Å². The van der Waals surface area contributed by atoms with E-state index >= 15 is 0 Å². The molecule has 0 unspecified atom stereocenters. The molecule has 0 spiro atoms.